The molecule has 0 saturated heterocycles. The standard InChI is InChI=1S/C23H40O6/c1-3-4-5-6-7-8-12-19-14-11-15-20(19)13-9-10-16-21(25)23(27,28)22(26)17-29-18(2)24/h8,12,19-21,25,27-28H,3-7,9-11,13-17H2,1-2H3/t19-,20-,21?/m0/s1. The number of hydrogen-bond donors (Lipinski definition) is 3. The third kappa shape index (κ3) is 9.87. The highest BCUT2D eigenvalue weighted by Gasteiger charge is 2.41. The van der Waals surface area contributed by atoms with E-state index in [0.29, 0.717) is 18.3 Å². The maximum atomic E-state index is 11.7. The maximum absolute atomic E-state index is 11.7. The number of unbranched alkanes of at least 4 members (excludes halogenated alkanes) is 5. The normalized spacial score (nSPS) is 20.9. The molecule has 1 aliphatic rings. The molecule has 1 saturated carbocycles. The number of allylic oxidation sites excluding steroid dienone is 2. The minimum Gasteiger partial charge on any atom is -0.458 e. The van der Waals surface area contributed by atoms with Crippen LogP contribution in [0.5, 0.6) is 0 Å². The molecule has 6 heteroatoms. The molecule has 0 bridgehead atoms. The van der Waals surface area contributed by atoms with Gasteiger partial charge in [-0.25, -0.2) is 0 Å². The Balaban J connectivity index is 2.28. The maximum Gasteiger partial charge on any atom is 0.303 e. The molecule has 0 spiro atoms. The van der Waals surface area contributed by atoms with Crippen LogP contribution in [0, 0.1) is 11.8 Å². The summed E-state index contributed by atoms with van der Waals surface area (Å²) in [6, 6.07) is 0. The predicted molar refractivity (Wildman–Crippen MR) is 112 cm³/mol. The molecule has 3 atom stereocenters. The van der Waals surface area contributed by atoms with Gasteiger partial charge in [-0.05, 0) is 50.4 Å². The molecule has 0 aromatic rings. The van der Waals surface area contributed by atoms with Gasteiger partial charge in [0.05, 0.1) is 0 Å². The van der Waals surface area contributed by atoms with Crippen molar-refractivity contribution in [2.24, 2.45) is 11.8 Å². The van der Waals surface area contributed by atoms with Crippen LogP contribution >= 0.6 is 0 Å². The number of aliphatic hydroxyl groups excluding tert-OH is 1. The van der Waals surface area contributed by atoms with E-state index in [1.54, 1.807) is 0 Å². The molecular formula is C23H40O6. The van der Waals surface area contributed by atoms with Crippen molar-refractivity contribution >= 4 is 11.8 Å². The summed E-state index contributed by atoms with van der Waals surface area (Å²) in [6.07, 6.45) is 15.8. The highest BCUT2D eigenvalue weighted by molar-refractivity contribution is 5.88. The Hall–Kier alpha value is -1.24. The molecule has 0 aromatic carbocycles. The fraction of sp³-hybridized carbons (Fsp3) is 0.826. The van der Waals surface area contributed by atoms with Crippen molar-refractivity contribution in [3.05, 3.63) is 12.2 Å². The molecule has 0 heterocycles. The molecule has 0 radical (unpaired) electrons. The number of aliphatic hydroxyl groups is 3. The van der Waals surface area contributed by atoms with Gasteiger partial charge in [-0.2, -0.15) is 0 Å². The van der Waals surface area contributed by atoms with Crippen molar-refractivity contribution in [1.82, 2.24) is 0 Å². The molecule has 29 heavy (non-hydrogen) atoms. The number of ether oxygens (including phenoxy) is 1. The van der Waals surface area contributed by atoms with E-state index in [4.69, 9.17) is 0 Å². The molecule has 0 aliphatic heterocycles. The van der Waals surface area contributed by atoms with E-state index in [0.717, 1.165) is 26.2 Å². The Kier molecular flexibility index (Phi) is 12.4. The molecule has 0 aromatic heterocycles. The molecule has 0 amide bonds. The van der Waals surface area contributed by atoms with Gasteiger partial charge in [0.2, 0.25) is 5.78 Å². The lowest BCUT2D eigenvalue weighted by atomic mass is 9.89. The third-order valence-corrected chi connectivity index (χ3v) is 5.91. The fourth-order valence-electron chi connectivity index (χ4n) is 4.04. The minimum atomic E-state index is -2.88. The lowest BCUT2D eigenvalue weighted by Gasteiger charge is -2.26. The average Bonchev–Trinajstić information content (AvgIpc) is 3.12. The third-order valence-electron chi connectivity index (χ3n) is 5.91. The van der Waals surface area contributed by atoms with Gasteiger partial charge < -0.3 is 20.1 Å². The molecular weight excluding hydrogens is 372 g/mol. The number of esters is 1. The van der Waals surface area contributed by atoms with Crippen molar-refractivity contribution in [1.29, 1.82) is 0 Å². The minimum absolute atomic E-state index is 0.115. The summed E-state index contributed by atoms with van der Waals surface area (Å²) in [6.45, 7) is 2.59. The van der Waals surface area contributed by atoms with Crippen LogP contribution in [0.15, 0.2) is 12.2 Å². The zero-order chi connectivity index (χ0) is 21.7. The largest absolute Gasteiger partial charge is 0.458 e. The van der Waals surface area contributed by atoms with Gasteiger partial charge in [0.1, 0.15) is 6.10 Å². The van der Waals surface area contributed by atoms with E-state index in [2.05, 4.69) is 23.8 Å². The summed E-state index contributed by atoms with van der Waals surface area (Å²) >= 11 is 0. The lowest BCUT2D eigenvalue weighted by molar-refractivity contribution is -0.223. The number of rotatable bonds is 15. The highest BCUT2D eigenvalue weighted by atomic mass is 16.6. The topological polar surface area (TPSA) is 104 Å². The first-order valence-corrected chi connectivity index (χ1v) is 11.2. The molecule has 1 unspecified atom stereocenters. The predicted octanol–water partition coefficient (Wildman–Crippen LogP) is 3.66. The molecule has 1 rings (SSSR count). The van der Waals surface area contributed by atoms with E-state index in [-0.39, 0.29) is 6.42 Å². The Morgan fingerprint density at radius 3 is 2.59 bits per heavy atom. The van der Waals surface area contributed by atoms with Crippen LogP contribution in [0.25, 0.3) is 0 Å². The average molecular weight is 413 g/mol. The Morgan fingerprint density at radius 1 is 1.14 bits per heavy atom. The molecule has 3 N–H and O–H groups in total. The zero-order valence-electron chi connectivity index (χ0n) is 18.1. The van der Waals surface area contributed by atoms with E-state index < -0.39 is 30.3 Å². The van der Waals surface area contributed by atoms with Gasteiger partial charge in [0, 0.05) is 6.92 Å². The monoisotopic (exact) mass is 412 g/mol. The number of carbonyl (C=O) groups is 2. The first kappa shape index (κ1) is 25.8. The molecule has 6 nitrogen and oxygen atoms in total. The summed E-state index contributed by atoms with van der Waals surface area (Å²) in [5.41, 5.74) is 0. The molecule has 1 fully saturated rings. The van der Waals surface area contributed by atoms with Gasteiger partial charge in [-0.3, -0.25) is 9.59 Å². The summed E-state index contributed by atoms with van der Waals surface area (Å²) in [4.78, 5) is 22.5. The smallest absolute Gasteiger partial charge is 0.303 e. The number of ketones is 1. The van der Waals surface area contributed by atoms with Gasteiger partial charge in [-0.15, -0.1) is 0 Å². The van der Waals surface area contributed by atoms with E-state index in [1.165, 1.54) is 44.9 Å². The second-order valence-corrected chi connectivity index (χ2v) is 8.36. The second kappa shape index (κ2) is 13.9. The first-order valence-electron chi connectivity index (χ1n) is 11.2. The summed E-state index contributed by atoms with van der Waals surface area (Å²) in [5.74, 6) is -3.40. The van der Waals surface area contributed by atoms with Crippen molar-refractivity contribution in [3.63, 3.8) is 0 Å². The number of hydrogen-bond acceptors (Lipinski definition) is 6. The van der Waals surface area contributed by atoms with Crippen LogP contribution in [0.1, 0.15) is 90.9 Å². The van der Waals surface area contributed by atoms with Gasteiger partial charge >= 0.3 is 5.97 Å². The summed E-state index contributed by atoms with van der Waals surface area (Å²) in [7, 11) is 0. The second-order valence-electron chi connectivity index (χ2n) is 8.36. The van der Waals surface area contributed by atoms with Crippen LogP contribution in [0.2, 0.25) is 0 Å². The van der Waals surface area contributed by atoms with Crippen molar-refractivity contribution in [2.75, 3.05) is 6.61 Å². The van der Waals surface area contributed by atoms with Gasteiger partial charge in [-0.1, -0.05) is 57.6 Å². The lowest BCUT2D eigenvalue weighted by Crippen LogP contribution is -2.51. The number of carbonyl (C=O) groups excluding carboxylic acids is 2. The molecule has 1 aliphatic carbocycles. The van der Waals surface area contributed by atoms with E-state index >= 15 is 0 Å². The van der Waals surface area contributed by atoms with Gasteiger partial charge in [0.25, 0.3) is 5.79 Å². The Labute approximate surface area is 175 Å². The number of Topliss-reactive ketones (excluding diaryl/α,β-unsaturated/α-hetero) is 1. The Morgan fingerprint density at radius 2 is 1.90 bits per heavy atom. The van der Waals surface area contributed by atoms with E-state index in [1.807, 2.05) is 0 Å². The van der Waals surface area contributed by atoms with Crippen LogP contribution in [-0.2, 0) is 14.3 Å². The van der Waals surface area contributed by atoms with Crippen molar-refractivity contribution < 1.29 is 29.6 Å². The highest BCUT2D eigenvalue weighted by Crippen LogP contribution is 2.36. The Bertz CT molecular complexity index is 513. The van der Waals surface area contributed by atoms with Crippen LogP contribution in [-0.4, -0.2) is 45.6 Å². The van der Waals surface area contributed by atoms with Crippen LogP contribution < -0.4 is 0 Å². The fourth-order valence-corrected chi connectivity index (χ4v) is 4.04. The van der Waals surface area contributed by atoms with Crippen molar-refractivity contribution in [2.45, 2.75) is 103 Å². The first-order chi connectivity index (χ1) is 13.8. The zero-order valence-corrected chi connectivity index (χ0v) is 18.1. The summed E-state index contributed by atoms with van der Waals surface area (Å²) < 4.78 is 4.48. The van der Waals surface area contributed by atoms with Gasteiger partial charge in [0.15, 0.2) is 6.61 Å². The summed E-state index contributed by atoms with van der Waals surface area (Å²) in [5, 5.41) is 29.7. The van der Waals surface area contributed by atoms with E-state index in [9.17, 15) is 24.9 Å². The van der Waals surface area contributed by atoms with Crippen LogP contribution in [0.3, 0.4) is 0 Å². The SMILES string of the molecule is CCCCCCC=C[C@H]1CCC[C@@H]1CCCCC(O)C(O)(O)C(=O)COC(C)=O. The van der Waals surface area contributed by atoms with Crippen LogP contribution in [0.4, 0.5) is 0 Å². The van der Waals surface area contributed by atoms with Crippen molar-refractivity contribution in [3.8, 4) is 0 Å². The quantitative estimate of drug-likeness (QED) is 0.164. The molecule has 168 valence electrons.